The van der Waals surface area contributed by atoms with Crippen molar-refractivity contribution >= 4 is 9.84 Å². The van der Waals surface area contributed by atoms with E-state index in [9.17, 15) is 8.42 Å². The van der Waals surface area contributed by atoms with Crippen LogP contribution in [0.3, 0.4) is 0 Å². The molecule has 0 radical (unpaired) electrons. The number of benzene rings is 1. The summed E-state index contributed by atoms with van der Waals surface area (Å²) in [6.07, 6.45) is 1.20. The largest absolute Gasteiger partial charge is 0.326 e. The van der Waals surface area contributed by atoms with Crippen molar-refractivity contribution in [3.8, 4) is 0 Å². The maximum Gasteiger partial charge on any atom is 0.175 e. The lowest BCUT2D eigenvalue weighted by molar-refractivity contribution is 0.600. The molecule has 0 aliphatic rings. The van der Waals surface area contributed by atoms with E-state index in [2.05, 4.69) is 0 Å². The number of hydrogen-bond donors (Lipinski definition) is 1. The van der Waals surface area contributed by atoms with Crippen LogP contribution in [-0.2, 0) is 16.4 Å². The molecule has 0 saturated heterocycles. The van der Waals surface area contributed by atoms with Crippen LogP contribution in [0.15, 0.2) is 23.1 Å². The predicted molar refractivity (Wildman–Crippen MR) is 52.2 cm³/mol. The Morgan fingerprint density at radius 2 is 2.00 bits per heavy atom. The zero-order chi connectivity index (χ0) is 10.1. The quantitative estimate of drug-likeness (QED) is 0.768. The monoisotopic (exact) mass is 199 g/mol. The van der Waals surface area contributed by atoms with E-state index in [1.165, 1.54) is 6.26 Å². The summed E-state index contributed by atoms with van der Waals surface area (Å²) < 4.78 is 22.6. The van der Waals surface area contributed by atoms with Gasteiger partial charge in [0.15, 0.2) is 9.84 Å². The van der Waals surface area contributed by atoms with Gasteiger partial charge in [0.05, 0.1) is 4.90 Å². The van der Waals surface area contributed by atoms with Crippen LogP contribution < -0.4 is 5.73 Å². The highest BCUT2D eigenvalue weighted by atomic mass is 32.2. The number of aryl methyl sites for hydroxylation is 1. The summed E-state index contributed by atoms with van der Waals surface area (Å²) in [5.74, 6) is 0. The maximum absolute atomic E-state index is 11.3. The van der Waals surface area contributed by atoms with Crippen LogP contribution in [0.1, 0.15) is 11.1 Å². The number of nitrogens with two attached hydrogens (primary N) is 1. The minimum absolute atomic E-state index is 0.253. The van der Waals surface area contributed by atoms with Crippen molar-refractivity contribution in [1.29, 1.82) is 0 Å². The summed E-state index contributed by atoms with van der Waals surface area (Å²) in [5.41, 5.74) is 7.04. The fourth-order valence-electron chi connectivity index (χ4n) is 1.18. The molecule has 0 bridgehead atoms. The molecule has 13 heavy (non-hydrogen) atoms. The third kappa shape index (κ3) is 2.29. The smallest absolute Gasteiger partial charge is 0.175 e. The molecule has 3 nitrogen and oxygen atoms in total. The molecular weight excluding hydrogens is 186 g/mol. The Kier molecular flexibility index (Phi) is 2.73. The first-order valence-corrected chi connectivity index (χ1v) is 5.84. The lowest BCUT2D eigenvalue weighted by atomic mass is 10.1. The molecule has 0 saturated carbocycles. The van der Waals surface area contributed by atoms with E-state index < -0.39 is 9.84 Å². The molecule has 1 aromatic carbocycles. The van der Waals surface area contributed by atoms with E-state index in [-0.39, 0.29) is 6.54 Å². The fraction of sp³-hybridized carbons (Fsp3) is 0.333. The Hall–Kier alpha value is -0.870. The Labute approximate surface area is 78.5 Å². The van der Waals surface area contributed by atoms with Crippen LogP contribution in [0.25, 0.3) is 0 Å². The predicted octanol–water partition coefficient (Wildman–Crippen LogP) is 0.857. The van der Waals surface area contributed by atoms with Gasteiger partial charge in [-0.15, -0.1) is 0 Å². The maximum atomic E-state index is 11.3. The SMILES string of the molecule is Cc1ccc(CN)c(S(C)(=O)=O)c1. The van der Waals surface area contributed by atoms with Gasteiger partial charge in [-0.05, 0) is 24.1 Å². The van der Waals surface area contributed by atoms with E-state index in [0.29, 0.717) is 10.5 Å². The van der Waals surface area contributed by atoms with Crippen molar-refractivity contribution in [2.45, 2.75) is 18.4 Å². The Morgan fingerprint density at radius 1 is 1.38 bits per heavy atom. The molecule has 1 aromatic rings. The van der Waals surface area contributed by atoms with Crippen molar-refractivity contribution < 1.29 is 8.42 Å². The van der Waals surface area contributed by atoms with Crippen molar-refractivity contribution in [2.24, 2.45) is 5.73 Å². The van der Waals surface area contributed by atoms with E-state index in [4.69, 9.17) is 5.73 Å². The van der Waals surface area contributed by atoms with Crippen molar-refractivity contribution in [3.05, 3.63) is 29.3 Å². The molecule has 0 aliphatic carbocycles. The average Bonchev–Trinajstić information content (AvgIpc) is 2.03. The van der Waals surface area contributed by atoms with Gasteiger partial charge in [-0.25, -0.2) is 8.42 Å². The van der Waals surface area contributed by atoms with Crippen LogP contribution in [0.4, 0.5) is 0 Å². The summed E-state index contributed by atoms with van der Waals surface area (Å²) >= 11 is 0. The summed E-state index contributed by atoms with van der Waals surface area (Å²) in [6, 6.07) is 5.26. The third-order valence-electron chi connectivity index (χ3n) is 1.84. The van der Waals surface area contributed by atoms with Gasteiger partial charge in [0.25, 0.3) is 0 Å². The van der Waals surface area contributed by atoms with Gasteiger partial charge < -0.3 is 5.73 Å². The molecular formula is C9H13NO2S. The summed E-state index contributed by atoms with van der Waals surface area (Å²) in [4.78, 5) is 0.343. The van der Waals surface area contributed by atoms with Gasteiger partial charge in [-0.2, -0.15) is 0 Å². The lowest BCUT2D eigenvalue weighted by Crippen LogP contribution is -2.06. The number of hydrogen-bond acceptors (Lipinski definition) is 3. The van der Waals surface area contributed by atoms with Gasteiger partial charge in [0, 0.05) is 12.8 Å². The third-order valence-corrected chi connectivity index (χ3v) is 3.02. The molecule has 2 N–H and O–H groups in total. The van der Waals surface area contributed by atoms with Crippen LogP contribution in [0.5, 0.6) is 0 Å². The second-order valence-corrected chi connectivity index (χ2v) is 5.07. The molecule has 0 amide bonds. The molecule has 0 aromatic heterocycles. The van der Waals surface area contributed by atoms with Gasteiger partial charge in [0.1, 0.15) is 0 Å². The fourth-order valence-corrected chi connectivity index (χ4v) is 2.20. The lowest BCUT2D eigenvalue weighted by Gasteiger charge is -2.06. The summed E-state index contributed by atoms with van der Waals surface area (Å²) in [5, 5.41) is 0. The second kappa shape index (κ2) is 3.47. The Morgan fingerprint density at radius 3 is 2.46 bits per heavy atom. The highest BCUT2D eigenvalue weighted by molar-refractivity contribution is 7.90. The van der Waals surface area contributed by atoms with Crippen LogP contribution in [-0.4, -0.2) is 14.7 Å². The molecule has 4 heteroatoms. The van der Waals surface area contributed by atoms with Gasteiger partial charge in [-0.1, -0.05) is 12.1 Å². The van der Waals surface area contributed by atoms with Gasteiger partial charge in [-0.3, -0.25) is 0 Å². The molecule has 0 heterocycles. The van der Waals surface area contributed by atoms with Gasteiger partial charge in [0.2, 0.25) is 0 Å². The summed E-state index contributed by atoms with van der Waals surface area (Å²) in [6.45, 7) is 2.11. The average molecular weight is 199 g/mol. The first-order chi connectivity index (χ1) is 5.95. The molecule has 0 aliphatic heterocycles. The number of sulfone groups is 1. The zero-order valence-electron chi connectivity index (χ0n) is 7.74. The van der Waals surface area contributed by atoms with Crippen molar-refractivity contribution in [2.75, 3.05) is 6.26 Å². The van der Waals surface area contributed by atoms with E-state index >= 15 is 0 Å². The molecule has 0 spiro atoms. The highest BCUT2D eigenvalue weighted by Gasteiger charge is 2.11. The second-order valence-electron chi connectivity index (χ2n) is 3.09. The molecule has 72 valence electrons. The first-order valence-electron chi connectivity index (χ1n) is 3.95. The summed E-state index contributed by atoms with van der Waals surface area (Å²) in [7, 11) is -3.15. The molecule has 0 unspecified atom stereocenters. The zero-order valence-corrected chi connectivity index (χ0v) is 8.56. The van der Waals surface area contributed by atoms with Crippen LogP contribution in [0, 0.1) is 6.92 Å². The van der Waals surface area contributed by atoms with Gasteiger partial charge >= 0.3 is 0 Å². The highest BCUT2D eigenvalue weighted by Crippen LogP contribution is 2.16. The first kappa shape index (κ1) is 10.2. The minimum Gasteiger partial charge on any atom is -0.326 e. The molecule has 0 atom stereocenters. The molecule has 1 rings (SSSR count). The standard InChI is InChI=1S/C9H13NO2S/c1-7-3-4-8(6-10)9(5-7)13(2,11)12/h3-5H,6,10H2,1-2H3. The van der Waals surface area contributed by atoms with Crippen LogP contribution in [0.2, 0.25) is 0 Å². The van der Waals surface area contributed by atoms with E-state index in [0.717, 1.165) is 5.56 Å². The van der Waals surface area contributed by atoms with E-state index in [1.54, 1.807) is 12.1 Å². The topological polar surface area (TPSA) is 60.2 Å². The van der Waals surface area contributed by atoms with Crippen molar-refractivity contribution in [1.82, 2.24) is 0 Å². The number of rotatable bonds is 2. The van der Waals surface area contributed by atoms with Crippen molar-refractivity contribution in [3.63, 3.8) is 0 Å². The van der Waals surface area contributed by atoms with Crippen LogP contribution >= 0.6 is 0 Å². The Bertz CT molecular complexity index is 410. The van der Waals surface area contributed by atoms with E-state index in [1.807, 2.05) is 13.0 Å². The normalized spacial score (nSPS) is 11.6. The Balaban J connectivity index is 3.41. The minimum atomic E-state index is -3.15. The molecule has 0 fully saturated rings.